The molecule has 2 heterocycles. The highest BCUT2D eigenvalue weighted by Crippen LogP contribution is 2.39. The summed E-state index contributed by atoms with van der Waals surface area (Å²) in [4.78, 5) is 18.3. The zero-order chi connectivity index (χ0) is 18.7. The molecule has 2 aliphatic rings. The molecule has 1 unspecified atom stereocenters. The van der Waals surface area contributed by atoms with E-state index in [9.17, 15) is 4.79 Å². The van der Waals surface area contributed by atoms with Crippen LogP contribution in [0, 0.1) is 5.92 Å². The number of carbonyl (C=O) groups excluding carboxylic acids is 1. The van der Waals surface area contributed by atoms with Crippen molar-refractivity contribution in [2.24, 2.45) is 10.9 Å². The van der Waals surface area contributed by atoms with Gasteiger partial charge in [0.2, 0.25) is 12.7 Å². The van der Waals surface area contributed by atoms with Gasteiger partial charge in [0.15, 0.2) is 17.5 Å². The topological polar surface area (TPSA) is 75.2 Å². The molecular formula is C18H26ClIN4O3. The van der Waals surface area contributed by atoms with E-state index in [1.54, 1.807) is 7.05 Å². The molecule has 3 rings (SSSR count). The van der Waals surface area contributed by atoms with Crippen LogP contribution < -0.4 is 20.1 Å². The number of fused-ring (bicyclic) bond motifs is 1. The number of hydrogen-bond donors (Lipinski definition) is 2. The van der Waals surface area contributed by atoms with Crippen molar-refractivity contribution in [2.75, 3.05) is 26.9 Å². The van der Waals surface area contributed by atoms with Crippen LogP contribution in [0.1, 0.15) is 25.8 Å². The van der Waals surface area contributed by atoms with E-state index in [-0.39, 0.29) is 48.6 Å². The second kappa shape index (κ2) is 9.68. The number of guanidine groups is 1. The molecule has 1 saturated heterocycles. The Morgan fingerprint density at radius 1 is 1.41 bits per heavy atom. The number of aliphatic imine (C=N–C) groups is 1. The highest BCUT2D eigenvalue weighted by Gasteiger charge is 2.28. The number of halogens is 2. The van der Waals surface area contributed by atoms with Gasteiger partial charge in [-0.3, -0.25) is 9.79 Å². The van der Waals surface area contributed by atoms with E-state index in [1.165, 1.54) is 0 Å². The van der Waals surface area contributed by atoms with Gasteiger partial charge in [-0.05, 0) is 24.1 Å². The van der Waals surface area contributed by atoms with Gasteiger partial charge in [-0.1, -0.05) is 25.4 Å². The van der Waals surface area contributed by atoms with Gasteiger partial charge in [0.1, 0.15) is 0 Å². The van der Waals surface area contributed by atoms with Crippen LogP contribution in [0.25, 0.3) is 0 Å². The third kappa shape index (κ3) is 5.31. The number of ether oxygens (including phenoxy) is 2. The van der Waals surface area contributed by atoms with Gasteiger partial charge in [-0.15, -0.1) is 24.0 Å². The van der Waals surface area contributed by atoms with Crippen molar-refractivity contribution in [1.29, 1.82) is 0 Å². The minimum atomic E-state index is 0. The summed E-state index contributed by atoms with van der Waals surface area (Å²) in [6, 6.07) is 3.96. The Morgan fingerprint density at radius 2 is 2.19 bits per heavy atom. The molecule has 0 aliphatic carbocycles. The standard InChI is InChI=1S/C18H25ClN4O3.HI/c1-11(2)17(24)23-5-4-13(9-23)22-18(20-3)21-8-12-6-14(19)16-15(7-12)25-10-26-16;/h6-7,11,13H,4-5,8-10H2,1-3H3,(H2,20,21,22);1H. The van der Waals surface area contributed by atoms with Crippen LogP contribution >= 0.6 is 35.6 Å². The molecule has 0 radical (unpaired) electrons. The molecule has 1 fully saturated rings. The summed E-state index contributed by atoms with van der Waals surface area (Å²) in [6.45, 7) is 6.09. The van der Waals surface area contributed by atoms with Crippen molar-refractivity contribution < 1.29 is 14.3 Å². The third-order valence-corrected chi connectivity index (χ3v) is 4.79. The molecule has 0 spiro atoms. The largest absolute Gasteiger partial charge is 0.454 e. The Labute approximate surface area is 181 Å². The molecule has 1 aromatic rings. The van der Waals surface area contributed by atoms with Crippen LogP contribution in [0.4, 0.5) is 0 Å². The Hall–Kier alpha value is -1.42. The zero-order valence-electron chi connectivity index (χ0n) is 15.8. The van der Waals surface area contributed by atoms with Gasteiger partial charge in [-0.2, -0.15) is 0 Å². The van der Waals surface area contributed by atoms with Crippen LogP contribution in [0.5, 0.6) is 11.5 Å². The Kier molecular flexibility index (Phi) is 7.84. The molecule has 1 atom stereocenters. The summed E-state index contributed by atoms with van der Waals surface area (Å²) < 4.78 is 10.7. The molecular weight excluding hydrogens is 483 g/mol. The van der Waals surface area contributed by atoms with Crippen molar-refractivity contribution in [3.8, 4) is 11.5 Å². The Balaban J connectivity index is 0.00000261. The summed E-state index contributed by atoms with van der Waals surface area (Å²) in [6.07, 6.45) is 0.912. The summed E-state index contributed by atoms with van der Waals surface area (Å²) >= 11 is 6.22. The first-order valence-corrected chi connectivity index (χ1v) is 9.19. The summed E-state index contributed by atoms with van der Waals surface area (Å²) in [5.41, 5.74) is 0.977. The SMILES string of the molecule is CN=C(NCc1cc(Cl)c2c(c1)OCO2)NC1CCN(C(=O)C(C)C)C1.I. The predicted octanol–water partition coefficient (Wildman–Crippen LogP) is 2.61. The van der Waals surface area contributed by atoms with Crippen LogP contribution in [-0.4, -0.2) is 49.7 Å². The zero-order valence-corrected chi connectivity index (χ0v) is 18.8. The second-order valence-corrected chi connectivity index (χ2v) is 7.21. The minimum absolute atomic E-state index is 0. The van der Waals surface area contributed by atoms with Gasteiger partial charge in [0.05, 0.1) is 5.02 Å². The lowest BCUT2D eigenvalue weighted by Gasteiger charge is -2.20. The average Bonchev–Trinajstić information content (AvgIpc) is 3.27. The van der Waals surface area contributed by atoms with E-state index in [0.717, 1.165) is 18.5 Å². The summed E-state index contributed by atoms with van der Waals surface area (Å²) in [5.74, 6) is 2.19. The lowest BCUT2D eigenvalue weighted by Crippen LogP contribution is -2.45. The van der Waals surface area contributed by atoms with Crippen molar-refractivity contribution >= 4 is 47.4 Å². The molecule has 2 N–H and O–H groups in total. The number of likely N-dealkylation sites (tertiary alicyclic amines) is 1. The number of nitrogens with one attached hydrogen (secondary N) is 2. The molecule has 27 heavy (non-hydrogen) atoms. The first-order chi connectivity index (χ1) is 12.5. The minimum Gasteiger partial charge on any atom is -0.454 e. The van der Waals surface area contributed by atoms with Crippen molar-refractivity contribution in [1.82, 2.24) is 15.5 Å². The highest BCUT2D eigenvalue weighted by molar-refractivity contribution is 14.0. The van der Waals surface area contributed by atoms with Gasteiger partial charge >= 0.3 is 0 Å². The highest BCUT2D eigenvalue weighted by atomic mass is 127. The lowest BCUT2D eigenvalue weighted by molar-refractivity contribution is -0.133. The molecule has 7 nitrogen and oxygen atoms in total. The summed E-state index contributed by atoms with van der Waals surface area (Å²) in [5, 5.41) is 7.20. The maximum atomic E-state index is 12.1. The summed E-state index contributed by atoms with van der Waals surface area (Å²) in [7, 11) is 1.73. The molecule has 1 amide bonds. The number of hydrogen-bond acceptors (Lipinski definition) is 4. The molecule has 0 bridgehead atoms. The number of rotatable bonds is 4. The molecule has 0 aromatic heterocycles. The van der Waals surface area contributed by atoms with E-state index in [0.29, 0.717) is 35.6 Å². The van der Waals surface area contributed by atoms with Gasteiger partial charge in [-0.25, -0.2) is 0 Å². The van der Waals surface area contributed by atoms with E-state index in [2.05, 4.69) is 15.6 Å². The number of nitrogens with zero attached hydrogens (tertiary/aromatic N) is 2. The fourth-order valence-corrected chi connectivity index (χ4v) is 3.43. The van der Waals surface area contributed by atoms with E-state index in [1.807, 2.05) is 30.9 Å². The van der Waals surface area contributed by atoms with Crippen LogP contribution in [-0.2, 0) is 11.3 Å². The van der Waals surface area contributed by atoms with E-state index >= 15 is 0 Å². The molecule has 1 aromatic carbocycles. The second-order valence-electron chi connectivity index (χ2n) is 6.81. The van der Waals surface area contributed by atoms with Crippen molar-refractivity contribution in [2.45, 2.75) is 32.9 Å². The van der Waals surface area contributed by atoms with Gasteiger partial charge in [0.25, 0.3) is 0 Å². The first kappa shape index (κ1) is 21.9. The smallest absolute Gasteiger partial charge is 0.231 e. The molecule has 9 heteroatoms. The third-order valence-electron chi connectivity index (χ3n) is 4.51. The maximum Gasteiger partial charge on any atom is 0.231 e. The number of benzene rings is 1. The molecule has 150 valence electrons. The average molecular weight is 509 g/mol. The fraction of sp³-hybridized carbons (Fsp3) is 0.556. The van der Waals surface area contributed by atoms with E-state index < -0.39 is 0 Å². The quantitative estimate of drug-likeness (QED) is 0.372. The van der Waals surface area contributed by atoms with Gasteiger partial charge < -0.3 is 25.0 Å². The maximum absolute atomic E-state index is 12.1. The van der Waals surface area contributed by atoms with Crippen molar-refractivity contribution in [3.05, 3.63) is 22.7 Å². The normalized spacial score (nSPS) is 18.5. The molecule has 2 aliphatic heterocycles. The van der Waals surface area contributed by atoms with Crippen LogP contribution in [0.3, 0.4) is 0 Å². The van der Waals surface area contributed by atoms with E-state index in [4.69, 9.17) is 21.1 Å². The lowest BCUT2D eigenvalue weighted by atomic mass is 10.2. The fourth-order valence-electron chi connectivity index (χ4n) is 3.14. The predicted molar refractivity (Wildman–Crippen MR) is 116 cm³/mol. The van der Waals surface area contributed by atoms with Crippen LogP contribution in [0.2, 0.25) is 5.02 Å². The van der Waals surface area contributed by atoms with Crippen molar-refractivity contribution in [3.63, 3.8) is 0 Å². The van der Waals surface area contributed by atoms with Crippen LogP contribution in [0.15, 0.2) is 17.1 Å². The Morgan fingerprint density at radius 3 is 2.89 bits per heavy atom. The Bertz CT molecular complexity index is 714. The monoisotopic (exact) mass is 508 g/mol. The number of amides is 1. The first-order valence-electron chi connectivity index (χ1n) is 8.82. The molecule has 0 saturated carbocycles. The number of carbonyl (C=O) groups is 1. The van der Waals surface area contributed by atoms with Gasteiger partial charge in [0, 0.05) is 38.6 Å².